The first-order valence-corrected chi connectivity index (χ1v) is 8.12. The zero-order valence-electron chi connectivity index (χ0n) is 11.8. The molecular weight excluding hydrogens is 302 g/mol. The summed E-state index contributed by atoms with van der Waals surface area (Å²) in [6.45, 7) is 4.81. The normalized spacial score (nSPS) is 16.7. The van der Waals surface area contributed by atoms with Gasteiger partial charge in [0, 0.05) is 17.6 Å². The summed E-state index contributed by atoms with van der Waals surface area (Å²) >= 11 is 3.53. The Morgan fingerprint density at radius 2 is 2.05 bits per heavy atom. The summed E-state index contributed by atoms with van der Waals surface area (Å²) in [5.74, 6) is 0. The van der Waals surface area contributed by atoms with Crippen molar-refractivity contribution in [3.8, 4) is 0 Å². The van der Waals surface area contributed by atoms with Crippen LogP contribution in [-0.2, 0) is 11.3 Å². The van der Waals surface area contributed by atoms with Gasteiger partial charge < -0.3 is 10.1 Å². The highest BCUT2D eigenvalue weighted by atomic mass is 79.9. The number of benzene rings is 1. The Balaban J connectivity index is 1.59. The second-order valence-corrected chi connectivity index (χ2v) is 6.25. The van der Waals surface area contributed by atoms with Crippen molar-refractivity contribution in [3.05, 3.63) is 33.8 Å². The maximum absolute atomic E-state index is 5.89. The quantitative estimate of drug-likeness (QED) is 0.791. The van der Waals surface area contributed by atoms with E-state index in [4.69, 9.17) is 4.74 Å². The molecule has 1 aromatic carbocycles. The van der Waals surface area contributed by atoms with Crippen LogP contribution in [0, 0.1) is 6.92 Å². The van der Waals surface area contributed by atoms with Crippen LogP contribution in [0.4, 0.5) is 0 Å². The average molecular weight is 326 g/mol. The second kappa shape index (κ2) is 8.03. The van der Waals surface area contributed by atoms with Crippen molar-refractivity contribution < 1.29 is 4.74 Å². The van der Waals surface area contributed by atoms with Gasteiger partial charge in [-0.15, -0.1) is 0 Å². The molecule has 0 heterocycles. The van der Waals surface area contributed by atoms with E-state index in [1.807, 2.05) is 0 Å². The lowest BCUT2D eigenvalue weighted by molar-refractivity contribution is 0.0302. The molecular formula is C16H24BrNO. The van der Waals surface area contributed by atoms with Crippen molar-refractivity contribution >= 4 is 15.9 Å². The molecule has 0 amide bonds. The molecule has 1 aromatic rings. The van der Waals surface area contributed by atoms with Crippen LogP contribution in [0.5, 0.6) is 0 Å². The molecule has 0 saturated heterocycles. The number of aryl methyl sites for hydroxylation is 1. The van der Waals surface area contributed by atoms with E-state index in [0.29, 0.717) is 6.10 Å². The third-order valence-corrected chi connectivity index (χ3v) is 4.63. The fourth-order valence-corrected chi connectivity index (χ4v) is 2.83. The third kappa shape index (κ3) is 5.25. The molecule has 106 valence electrons. The maximum atomic E-state index is 5.89. The van der Waals surface area contributed by atoms with Crippen molar-refractivity contribution in [2.24, 2.45) is 0 Å². The molecule has 0 radical (unpaired) electrons. The van der Waals surface area contributed by atoms with Gasteiger partial charge in [0.25, 0.3) is 0 Å². The van der Waals surface area contributed by atoms with Crippen LogP contribution >= 0.6 is 15.9 Å². The van der Waals surface area contributed by atoms with E-state index in [9.17, 15) is 0 Å². The molecule has 1 aliphatic carbocycles. The molecule has 0 aromatic heterocycles. The minimum Gasteiger partial charge on any atom is -0.377 e. The smallest absolute Gasteiger partial charge is 0.0594 e. The molecule has 3 heteroatoms. The summed E-state index contributed by atoms with van der Waals surface area (Å²) in [7, 11) is 0. The van der Waals surface area contributed by atoms with Crippen molar-refractivity contribution in [1.29, 1.82) is 0 Å². The minimum atomic E-state index is 0.519. The molecule has 0 spiro atoms. The third-order valence-electron chi connectivity index (χ3n) is 3.74. The van der Waals surface area contributed by atoms with Crippen LogP contribution in [0.15, 0.2) is 22.7 Å². The first kappa shape index (κ1) is 15.0. The summed E-state index contributed by atoms with van der Waals surface area (Å²) in [5, 5.41) is 3.45. The van der Waals surface area contributed by atoms with Gasteiger partial charge in [0.1, 0.15) is 0 Å². The lowest BCUT2D eigenvalue weighted by atomic mass is 9.98. The predicted octanol–water partition coefficient (Wildman–Crippen LogP) is 4.20. The van der Waals surface area contributed by atoms with Gasteiger partial charge in [-0.1, -0.05) is 47.3 Å². The summed E-state index contributed by atoms with van der Waals surface area (Å²) in [6, 6.07) is 6.50. The topological polar surface area (TPSA) is 21.3 Å². The van der Waals surface area contributed by atoms with Crippen LogP contribution in [0.2, 0.25) is 0 Å². The number of hydrogen-bond donors (Lipinski definition) is 1. The number of ether oxygens (including phenoxy) is 1. The first-order valence-electron chi connectivity index (χ1n) is 7.33. The van der Waals surface area contributed by atoms with Crippen LogP contribution in [0.25, 0.3) is 0 Å². The lowest BCUT2D eigenvalue weighted by Gasteiger charge is -2.22. The van der Waals surface area contributed by atoms with Gasteiger partial charge in [0.2, 0.25) is 0 Å². The largest absolute Gasteiger partial charge is 0.377 e. The Hall–Kier alpha value is -0.380. The molecule has 1 aliphatic rings. The molecule has 0 aliphatic heterocycles. The van der Waals surface area contributed by atoms with E-state index >= 15 is 0 Å². The second-order valence-electron chi connectivity index (χ2n) is 5.39. The predicted molar refractivity (Wildman–Crippen MR) is 83.4 cm³/mol. The Labute approximate surface area is 125 Å². The van der Waals surface area contributed by atoms with Crippen LogP contribution in [0.3, 0.4) is 0 Å². The zero-order valence-corrected chi connectivity index (χ0v) is 13.3. The molecule has 2 rings (SSSR count). The monoisotopic (exact) mass is 325 g/mol. The van der Waals surface area contributed by atoms with E-state index in [1.165, 1.54) is 47.7 Å². The fourth-order valence-electron chi connectivity index (χ4n) is 2.58. The Morgan fingerprint density at radius 1 is 1.26 bits per heavy atom. The lowest BCUT2D eigenvalue weighted by Crippen LogP contribution is -2.24. The van der Waals surface area contributed by atoms with Crippen molar-refractivity contribution in [2.45, 2.75) is 51.7 Å². The fraction of sp³-hybridized carbons (Fsp3) is 0.625. The van der Waals surface area contributed by atoms with Gasteiger partial charge in [-0.05, 0) is 37.0 Å². The van der Waals surface area contributed by atoms with E-state index in [1.54, 1.807) is 0 Å². The summed E-state index contributed by atoms with van der Waals surface area (Å²) in [4.78, 5) is 0. The molecule has 2 nitrogen and oxygen atoms in total. The van der Waals surface area contributed by atoms with Gasteiger partial charge >= 0.3 is 0 Å². The van der Waals surface area contributed by atoms with Crippen molar-refractivity contribution in [3.63, 3.8) is 0 Å². The summed E-state index contributed by atoms with van der Waals surface area (Å²) in [5.41, 5.74) is 2.62. The molecule has 0 unspecified atom stereocenters. The highest BCUT2D eigenvalue weighted by molar-refractivity contribution is 9.10. The first-order chi connectivity index (χ1) is 9.25. The maximum Gasteiger partial charge on any atom is 0.0594 e. The van der Waals surface area contributed by atoms with Crippen LogP contribution in [0.1, 0.15) is 43.2 Å². The number of halogens is 1. The van der Waals surface area contributed by atoms with E-state index in [2.05, 4.69) is 46.4 Å². The Morgan fingerprint density at radius 3 is 2.79 bits per heavy atom. The summed E-state index contributed by atoms with van der Waals surface area (Å²) in [6.07, 6.45) is 7.11. The number of nitrogens with one attached hydrogen (secondary N) is 1. The zero-order chi connectivity index (χ0) is 13.5. The molecule has 0 bridgehead atoms. The van der Waals surface area contributed by atoms with Crippen LogP contribution in [-0.4, -0.2) is 19.3 Å². The van der Waals surface area contributed by atoms with Gasteiger partial charge in [-0.25, -0.2) is 0 Å². The molecule has 1 N–H and O–H groups in total. The van der Waals surface area contributed by atoms with Crippen molar-refractivity contribution in [2.75, 3.05) is 13.2 Å². The molecule has 1 fully saturated rings. The van der Waals surface area contributed by atoms with E-state index in [0.717, 1.165) is 19.7 Å². The number of rotatable bonds is 6. The van der Waals surface area contributed by atoms with E-state index in [-0.39, 0.29) is 0 Å². The summed E-state index contributed by atoms with van der Waals surface area (Å²) < 4.78 is 7.07. The van der Waals surface area contributed by atoms with Gasteiger partial charge in [-0.3, -0.25) is 0 Å². The Kier molecular flexibility index (Phi) is 6.35. The van der Waals surface area contributed by atoms with Crippen LogP contribution < -0.4 is 5.32 Å². The van der Waals surface area contributed by atoms with Gasteiger partial charge in [0.15, 0.2) is 0 Å². The minimum absolute atomic E-state index is 0.519. The highest BCUT2D eigenvalue weighted by Gasteiger charge is 2.12. The molecule has 1 saturated carbocycles. The molecule has 0 atom stereocenters. The Bertz CT molecular complexity index is 388. The van der Waals surface area contributed by atoms with Gasteiger partial charge in [0.05, 0.1) is 12.7 Å². The average Bonchev–Trinajstić information content (AvgIpc) is 2.43. The SMILES string of the molecule is Cc1cc(CNCCOC2CCCCC2)ccc1Br. The number of hydrogen-bond acceptors (Lipinski definition) is 2. The van der Waals surface area contributed by atoms with Gasteiger partial charge in [-0.2, -0.15) is 0 Å². The van der Waals surface area contributed by atoms with Crippen molar-refractivity contribution in [1.82, 2.24) is 5.32 Å². The molecule has 19 heavy (non-hydrogen) atoms. The van der Waals surface area contributed by atoms with E-state index < -0.39 is 0 Å². The highest BCUT2D eigenvalue weighted by Crippen LogP contribution is 2.20. The standard InChI is InChI=1S/C16H24BrNO/c1-13-11-14(7-8-16(13)17)12-18-9-10-19-15-5-3-2-4-6-15/h7-8,11,15,18H,2-6,9-10,12H2,1H3.